The number of nitrogens with zero attached hydrogens (tertiary/aromatic N) is 1. The van der Waals surface area contributed by atoms with Crippen LogP contribution in [-0.2, 0) is 22.5 Å². The van der Waals surface area contributed by atoms with Crippen LogP contribution in [0.25, 0.3) is 0 Å². The highest BCUT2D eigenvalue weighted by molar-refractivity contribution is 6.71. The molecule has 44 heavy (non-hydrogen) atoms. The summed E-state index contributed by atoms with van der Waals surface area (Å²) >= 11 is 0. The van der Waals surface area contributed by atoms with Gasteiger partial charge in [0.15, 0.2) is 33.3 Å². The van der Waals surface area contributed by atoms with Crippen LogP contribution in [0.5, 0.6) is 0 Å². The lowest BCUT2D eigenvalue weighted by Crippen LogP contribution is -2.67. The molecule has 0 N–H and O–H groups in total. The third-order valence-corrected chi connectivity index (χ3v) is 15.5. The molecule has 0 spiro atoms. The second-order valence-corrected chi connectivity index (χ2v) is 37.2. The Kier molecular flexibility index (Phi) is 10.6. The van der Waals surface area contributed by atoms with Crippen molar-refractivity contribution < 1.29 is 22.5 Å². The van der Waals surface area contributed by atoms with Gasteiger partial charge < -0.3 is 22.5 Å². The zero-order chi connectivity index (χ0) is 33.1. The summed E-state index contributed by atoms with van der Waals surface area (Å²) < 4.78 is 28.3. The maximum Gasteiger partial charge on any atom is 0.184 e. The molecular weight excluding hydrogens is 615 g/mol. The third-order valence-electron chi connectivity index (χ3n) is 11.4. The first kappa shape index (κ1) is 37.0. The molecule has 0 aromatic heterocycles. The number of fused-ring (bicyclic) bond motifs is 5. The molecule has 0 bridgehead atoms. The second kappa shape index (κ2) is 12.6. The predicted octanol–water partition coefficient (Wildman–Crippen LogP) is 9.52. The molecule has 4 rings (SSSR count). The van der Waals surface area contributed by atoms with Gasteiger partial charge in [-0.3, -0.25) is 0 Å². The third kappa shape index (κ3) is 7.73. The van der Waals surface area contributed by atoms with Crippen LogP contribution in [0.2, 0.25) is 78.6 Å². The summed E-state index contributed by atoms with van der Waals surface area (Å²) in [5, 5.41) is 4.96. The Bertz CT molecular complexity index is 1050. The van der Waals surface area contributed by atoms with Gasteiger partial charge in [-0.1, -0.05) is 19.0 Å². The van der Waals surface area contributed by atoms with Crippen LogP contribution in [-0.4, -0.2) is 70.5 Å². The smallest absolute Gasteiger partial charge is 0.184 e. The van der Waals surface area contributed by atoms with Gasteiger partial charge in [0.2, 0.25) is 0 Å². The van der Waals surface area contributed by atoms with Gasteiger partial charge in [0.1, 0.15) is 7.11 Å². The van der Waals surface area contributed by atoms with Crippen molar-refractivity contribution in [2.75, 3.05) is 13.7 Å². The Morgan fingerprint density at radius 1 is 0.795 bits per heavy atom. The van der Waals surface area contributed by atoms with Crippen LogP contribution in [0.3, 0.4) is 0 Å². The van der Waals surface area contributed by atoms with Crippen LogP contribution >= 0.6 is 0 Å². The highest BCUT2D eigenvalue weighted by Gasteiger charge is 2.70. The first-order chi connectivity index (χ1) is 19.9. The zero-order valence-electron chi connectivity index (χ0n) is 31.3. The van der Waals surface area contributed by atoms with E-state index in [1.54, 1.807) is 7.11 Å². The van der Waals surface area contributed by atoms with Gasteiger partial charge >= 0.3 is 0 Å². The van der Waals surface area contributed by atoms with Crippen molar-refractivity contribution in [3.63, 3.8) is 0 Å². The van der Waals surface area contributed by atoms with Gasteiger partial charge in [-0.25, -0.2) is 0 Å². The molecule has 10 heteroatoms. The van der Waals surface area contributed by atoms with E-state index in [0.717, 1.165) is 12.8 Å². The van der Waals surface area contributed by atoms with E-state index in [0.29, 0.717) is 36.4 Å². The normalized spacial score (nSPS) is 39.9. The monoisotopic (exact) mass is 683 g/mol. The van der Waals surface area contributed by atoms with Crippen LogP contribution in [0, 0.1) is 34.5 Å². The first-order valence-corrected chi connectivity index (χ1v) is 31.4. The van der Waals surface area contributed by atoms with Crippen LogP contribution in [0.1, 0.15) is 65.2 Å². The standard InChI is InChI=1S/C34H69NO5Si4/c1-32-20-18-26(38-42(7,8)9)22-25(32)16-17-27-28-19-21-34(40-44(13,14)15,33(28,2)23-29(31(27)32)35-36-3)30(39-43(10,11)12)24-37-41(4,5)6/h25-28,30-31H,16-24H2,1-15H3/t25?,26?,27?,28?,30-,31?,32-,33-,34-/m0/s1. The summed E-state index contributed by atoms with van der Waals surface area (Å²) in [4.78, 5) is 5.73. The van der Waals surface area contributed by atoms with Crippen LogP contribution in [0.4, 0.5) is 0 Å². The molecule has 4 saturated carbocycles. The molecule has 4 aliphatic rings. The van der Waals surface area contributed by atoms with E-state index in [1.807, 2.05) is 0 Å². The van der Waals surface area contributed by atoms with Crippen molar-refractivity contribution in [2.45, 2.75) is 162 Å². The van der Waals surface area contributed by atoms with E-state index >= 15 is 0 Å². The maximum atomic E-state index is 7.59. The van der Waals surface area contributed by atoms with Crippen LogP contribution < -0.4 is 0 Å². The van der Waals surface area contributed by atoms with Crippen molar-refractivity contribution in [3.8, 4) is 0 Å². The molecule has 0 amide bonds. The summed E-state index contributed by atoms with van der Waals surface area (Å²) in [6, 6.07) is 0. The van der Waals surface area contributed by atoms with E-state index in [2.05, 4.69) is 92.4 Å². The lowest BCUT2D eigenvalue weighted by atomic mass is 9.43. The molecular formula is C34H69NO5Si4. The summed E-state index contributed by atoms with van der Waals surface area (Å²) in [7, 11) is -5.48. The Morgan fingerprint density at radius 2 is 1.45 bits per heavy atom. The number of rotatable bonds is 11. The molecule has 0 heterocycles. The summed E-state index contributed by atoms with van der Waals surface area (Å²) in [5.74, 6) is 2.32. The van der Waals surface area contributed by atoms with Gasteiger partial charge in [0, 0.05) is 17.4 Å². The molecule has 9 atom stereocenters. The fourth-order valence-electron chi connectivity index (χ4n) is 10.2. The quantitative estimate of drug-likeness (QED) is 0.160. The molecule has 0 aromatic rings. The second-order valence-electron chi connectivity index (χ2n) is 19.3. The highest BCUT2D eigenvalue weighted by atomic mass is 28.4. The minimum atomic E-state index is -1.98. The molecule has 0 aliphatic heterocycles. The molecule has 0 saturated heterocycles. The maximum absolute atomic E-state index is 7.59. The molecule has 256 valence electrons. The lowest BCUT2D eigenvalue weighted by Gasteiger charge is -2.63. The summed E-state index contributed by atoms with van der Waals surface area (Å²) in [6.45, 7) is 33.7. The van der Waals surface area contributed by atoms with E-state index in [9.17, 15) is 0 Å². The number of hydrogen-bond donors (Lipinski definition) is 0. The van der Waals surface area contributed by atoms with Gasteiger partial charge in [0.05, 0.1) is 24.0 Å². The summed E-state index contributed by atoms with van der Waals surface area (Å²) in [6.07, 6.45) is 9.66. The molecule has 0 radical (unpaired) electrons. The van der Waals surface area contributed by atoms with Gasteiger partial charge in [-0.2, -0.15) is 0 Å². The number of oxime groups is 1. The van der Waals surface area contributed by atoms with Gasteiger partial charge in [-0.15, -0.1) is 0 Å². The first-order valence-electron chi connectivity index (χ1n) is 17.7. The minimum absolute atomic E-state index is 0.0796. The lowest BCUT2D eigenvalue weighted by molar-refractivity contribution is -0.158. The van der Waals surface area contributed by atoms with E-state index in [1.165, 1.54) is 44.2 Å². The van der Waals surface area contributed by atoms with Crippen molar-refractivity contribution in [1.82, 2.24) is 0 Å². The number of hydrogen-bond acceptors (Lipinski definition) is 6. The molecule has 0 aromatic carbocycles. The Balaban J connectivity index is 1.77. The van der Waals surface area contributed by atoms with E-state index in [-0.39, 0.29) is 16.9 Å². The SMILES string of the molecule is CON=C1C[C@@]2(C)C(CC[C@]2(O[Si](C)(C)C)[C@H](CO[Si](C)(C)C)O[Si](C)(C)C)C2CCC3CC(O[Si](C)(C)C)CC[C@]3(C)C12. The average Bonchev–Trinajstić information content (AvgIpc) is 3.11. The van der Waals surface area contributed by atoms with E-state index in [4.69, 9.17) is 27.7 Å². The predicted molar refractivity (Wildman–Crippen MR) is 194 cm³/mol. The van der Waals surface area contributed by atoms with Crippen molar-refractivity contribution in [2.24, 2.45) is 39.7 Å². The highest BCUT2D eigenvalue weighted by Crippen LogP contribution is 2.69. The fraction of sp³-hybridized carbons (Fsp3) is 0.971. The largest absolute Gasteiger partial charge is 0.415 e. The molecule has 6 nitrogen and oxygen atoms in total. The van der Waals surface area contributed by atoms with Crippen molar-refractivity contribution in [1.29, 1.82) is 0 Å². The minimum Gasteiger partial charge on any atom is -0.415 e. The average molecular weight is 684 g/mol. The zero-order valence-corrected chi connectivity index (χ0v) is 35.3. The Hall–Kier alpha value is 0.178. The Morgan fingerprint density at radius 3 is 2.00 bits per heavy atom. The molecule has 4 aliphatic carbocycles. The fourth-order valence-corrected chi connectivity index (χ4v) is 14.8. The summed E-state index contributed by atoms with van der Waals surface area (Å²) in [5.41, 5.74) is 1.03. The van der Waals surface area contributed by atoms with Crippen molar-refractivity contribution in [3.05, 3.63) is 0 Å². The van der Waals surface area contributed by atoms with Crippen molar-refractivity contribution >= 4 is 39.0 Å². The molecule has 4 fully saturated rings. The Labute approximate surface area is 275 Å². The topological polar surface area (TPSA) is 58.5 Å². The molecule has 5 unspecified atom stereocenters. The van der Waals surface area contributed by atoms with Crippen LogP contribution in [0.15, 0.2) is 5.16 Å². The van der Waals surface area contributed by atoms with Gasteiger partial charge in [-0.05, 0) is 153 Å². The van der Waals surface area contributed by atoms with Gasteiger partial charge in [0.25, 0.3) is 0 Å². The van der Waals surface area contributed by atoms with E-state index < -0.39 is 38.9 Å².